The van der Waals surface area contributed by atoms with E-state index < -0.39 is 0 Å². The number of fused-ring (bicyclic) bond motifs is 3. The normalized spacial score (nSPS) is 46.4. The van der Waals surface area contributed by atoms with E-state index in [9.17, 15) is 0 Å². The van der Waals surface area contributed by atoms with Crippen LogP contribution in [0.3, 0.4) is 0 Å². The highest BCUT2D eigenvalue weighted by Gasteiger charge is 2.73. The summed E-state index contributed by atoms with van der Waals surface area (Å²) >= 11 is 3.83. The van der Waals surface area contributed by atoms with Crippen LogP contribution in [0.15, 0.2) is 42.5 Å². The van der Waals surface area contributed by atoms with Crippen LogP contribution in [0.5, 0.6) is 0 Å². The highest BCUT2D eigenvalue weighted by molar-refractivity contribution is 8.14. The van der Waals surface area contributed by atoms with Gasteiger partial charge in [0.2, 0.25) is 0 Å². The molecule has 78 valence electrons. The van der Waals surface area contributed by atoms with Crippen molar-refractivity contribution in [3.8, 4) is 6.07 Å². The predicted molar refractivity (Wildman–Crippen MR) is 68.4 cm³/mol. The maximum absolute atomic E-state index is 9.15. The van der Waals surface area contributed by atoms with E-state index in [0.717, 1.165) is 0 Å². The second kappa shape index (κ2) is 2.69. The molecule has 0 amide bonds. The van der Waals surface area contributed by atoms with Crippen molar-refractivity contribution in [1.82, 2.24) is 0 Å². The topological polar surface area (TPSA) is 23.8 Å². The number of hydrogen-bond acceptors (Lipinski definition) is 3. The van der Waals surface area contributed by atoms with Gasteiger partial charge >= 0.3 is 0 Å². The Bertz CT molecular complexity index is 533. The number of benzene rings is 1. The molecule has 2 saturated heterocycles. The third-order valence-corrected chi connectivity index (χ3v) is 6.98. The summed E-state index contributed by atoms with van der Waals surface area (Å²) in [5.74, 6) is 0. The van der Waals surface area contributed by atoms with Crippen LogP contribution in [0.2, 0.25) is 0 Å². The fraction of sp³-hybridized carbons (Fsp3) is 0.308. The van der Waals surface area contributed by atoms with E-state index in [0.29, 0.717) is 10.5 Å². The molecule has 2 aliphatic heterocycles. The van der Waals surface area contributed by atoms with Gasteiger partial charge in [0.1, 0.15) is 4.75 Å². The molecule has 1 aromatic rings. The van der Waals surface area contributed by atoms with E-state index in [1.165, 1.54) is 5.56 Å². The van der Waals surface area contributed by atoms with Gasteiger partial charge in [-0.1, -0.05) is 42.5 Å². The number of nitriles is 1. The Morgan fingerprint density at radius 2 is 1.88 bits per heavy atom. The van der Waals surface area contributed by atoms with E-state index >= 15 is 0 Å². The van der Waals surface area contributed by atoms with E-state index in [-0.39, 0.29) is 9.49 Å². The summed E-state index contributed by atoms with van der Waals surface area (Å²) in [4.78, 5) is 0. The molecular weight excluding hydrogens is 234 g/mol. The fourth-order valence-electron chi connectivity index (χ4n) is 2.60. The average Bonchev–Trinajstić information content (AvgIpc) is 3.22. The van der Waals surface area contributed by atoms with Crippen LogP contribution in [0.25, 0.3) is 0 Å². The molecule has 1 nitrogen and oxygen atoms in total. The van der Waals surface area contributed by atoms with Crippen molar-refractivity contribution in [3.05, 3.63) is 48.0 Å². The summed E-state index contributed by atoms with van der Waals surface area (Å²) in [5.41, 5.74) is 1.39. The zero-order valence-electron chi connectivity index (χ0n) is 8.46. The lowest BCUT2D eigenvalue weighted by Crippen LogP contribution is -2.24. The largest absolute Gasteiger partial charge is 0.196 e. The van der Waals surface area contributed by atoms with Gasteiger partial charge < -0.3 is 0 Å². The first-order chi connectivity index (χ1) is 7.81. The molecule has 4 atom stereocenters. The van der Waals surface area contributed by atoms with Crippen LogP contribution in [0.1, 0.15) is 5.56 Å². The Kier molecular flexibility index (Phi) is 1.55. The summed E-state index contributed by atoms with van der Waals surface area (Å²) in [6, 6.07) is 13.1. The van der Waals surface area contributed by atoms with E-state index in [4.69, 9.17) is 5.26 Å². The molecule has 2 fully saturated rings. The minimum Gasteiger partial charge on any atom is -0.196 e. The smallest absolute Gasteiger partial charge is 0.134 e. The molecular formula is C13H9NS2. The molecule has 0 spiro atoms. The first kappa shape index (κ1) is 9.21. The van der Waals surface area contributed by atoms with Crippen LogP contribution >= 0.6 is 23.5 Å². The molecule has 3 aliphatic rings. The SMILES string of the molecule is N#CC12C=CC3(c4ccccc4)SC3C1S2. The molecule has 0 aromatic heterocycles. The lowest BCUT2D eigenvalue weighted by Gasteiger charge is -2.15. The molecule has 2 heterocycles. The maximum Gasteiger partial charge on any atom is 0.134 e. The van der Waals surface area contributed by atoms with Crippen molar-refractivity contribution in [3.63, 3.8) is 0 Å². The minimum absolute atomic E-state index is 0.174. The summed E-state index contributed by atoms with van der Waals surface area (Å²) in [6.45, 7) is 0. The van der Waals surface area contributed by atoms with Gasteiger partial charge in [0.05, 0.1) is 16.1 Å². The van der Waals surface area contributed by atoms with Crippen molar-refractivity contribution in [2.24, 2.45) is 0 Å². The van der Waals surface area contributed by atoms with Crippen LogP contribution in [0, 0.1) is 11.3 Å². The Labute approximate surface area is 103 Å². The molecule has 0 N–H and O–H groups in total. The second-order valence-electron chi connectivity index (χ2n) is 4.47. The standard InChI is InChI=1S/C13H9NS2/c14-8-12-6-7-13(9-4-2-1-3-5-9)11(16-13)10(12)15-12/h1-7,10-11H. The zero-order valence-corrected chi connectivity index (χ0v) is 10.1. The fourth-order valence-corrected chi connectivity index (χ4v) is 5.72. The Morgan fingerprint density at radius 3 is 2.62 bits per heavy atom. The molecule has 0 radical (unpaired) electrons. The van der Waals surface area contributed by atoms with Crippen molar-refractivity contribution < 1.29 is 0 Å². The van der Waals surface area contributed by atoms with Crippen molar-refractivity contribution >= 4 is 23.5 Å². The average molecular weight is 243 g/mol. The van der Waals surface area contributed by atoms with Gasteiger partial charge in [-0.3, -0.25) is 0 Å². The van der Waals surface area contributed by atoms with Gasteiger partial charge in [-0.15, -0.1) is 23.5 Å². The van der Waals surface area contributed by atoms with E-state index in [1.807, 2.05) is 23.5 Å². The van der Waals surface area contributed by atoms with Gasteiger partial charge in [0, 0.05) is 5.25 Å². The Hall–Kier alpha value is -0.850. The first-order valence-corrected chi connectivity index (χ1v) is 7.09. The predicted octanol–water partition coefficient (Wildman–Crippen LogP) is 2.94. The highest BCUT2D eigenvalue weighted by Crippen LogP contribution is 2.76. The minimum atomic E-state index is -0.174. The highest BCUT2D eigenvalue weighted by atomic mass is 32.2. The van der Waals surface area contributed by atoms with Gasteiger partial charge in [-0.25, -0.2) is 0 Å². The molecule has 0 saturated carbocycles. The lowest BCUT2D eigenvalue weighted by molar-refractivity contribution is 0.739. The number of thioether (sulfide) groups is 2. The van der Waals surface area contributed by atoms with Crippen LogP contribution in [-0.4, -0.2) is 15.2 Å². The zero-order chi connectivity index (χ0) is 10.8. The first-order valence-electron chi connectivity index (χ1n) is 5.34. The van der Waals surface area contributed by atoms with Crippen molar-refractivity contribution in [2.75, 3.05) is 0 Å². The van der Waals surface area contributed by atoms with Gasteiger partial charge in [-0.05, 0) is 5.56 Å². The van der Waals surface area contributed by atoms with Gasteiger partial charge in [0.15, 0.2) is 0 Å². The van der Waals surface area contributed by atoms with Crippen LogP contribution < -0.4 is 0 Å². The molecule has 4 unspecified atom stereocenters. The van der Waals surface area contributed by atoms with Gasteiger partial charge in [-0.2, -0.15) is 5.26 Å². The second-order valence-corrected chi connectivity index (χ2v) is 7.31. The van der Waals surface area contributed by atoms with Crippen LogP contribution in [-0.2, 0) is 4.75 Å². The number of nitrogens with zero attached hydrogens (tertiary/aromatic N) is 1. The molecule has 0 bridgehead atoms. The number of rotatable bonds is 1. The quantitative estimate of drug-likeness (QED) is 0.560. The molecule has 1 aromatic carbocycles. The Balaban J connectivity index is 1.77. The molecule has 16 heavy (non-hydrogen) atoms. The maximum atomic E-state index is 9.15. The van der Waals surface area contributed by atoms with Gasteiger partial charge in [0.25, 0.3) is 0 Å². The molecule has 1 aliphatic carbocycles. The third kappa shape index (κ3) is 0.952. The third-order valence-electron chi connectivity index (χ3n) is 3.63. The van der Waals surface area contributed by atoms with Crippen LogP contribution in [0.4, 0.5) is 0 Å². The molecule has 3 heteroatoms. The van der Waals surface area contributed by atoms with E-state index in [1.54, 1.807) is 0 Å². The number of hydrogen-bond donors (Lipinski definition) is 0. The monoisotopic (exact) mass is 243 g/mol. The van der Waals surface area contributed by atoms with E-state index in [2.05, 4.69) is 48.6 Å². The summed E-state index contributed by atoms with van der Waals surface area (Å²) < 4.78 is 0.0161. The summed E-state index contributed by atoms with van der Waals surface area (Å²) in [7, 11) is 0. The van der Waals surface area contributed by atoms with Crippen molar-refractivity contribution in [1.29, 1.82) is 5.26 Å². The molecule has 4 rings (SSSR count). The summed E-state index contributed by atoms with van der Waals surface area (Å²) in [6.07, 6.45) is 4.39. The van der Waals surface area contributed by atoms with Crippen molar-refractivity contribution in [2.45, 2.75) is 20.0 Å². The lowest BCUT2D eigenvalue weighted by atomic mass is 9.85. The Morgan fingerprint density at radius 1 is 1.06 bits per heavy atom. The summed E-state index contributed by atoms with van der Waals surface area (Å²) in [5, 5.41) is 10.3.